The average molecular weight is 338 g/mol. The molecule has 0 amide bonds. The molecule has 2 rings (SSSR count). The summed E-state index contributed by atoms with van der Waals surface area (Å²) in [6.07, 6.45) is 6.30. The Hall–Kier alpha value is -1.39. The first-order valence-corrected chi connectivity index (χ1v) is 9.55. The number of nitriles is 1. The van der Waals surface area contributed by atoms with Crippen molar-refractivity contribution in [1.82, 2.24) is 14.1 Å². The molecule has 0 radical (unpaired) electrons. The fourth-order valence-corrected chi connectivity index (χ4v) is 4.43. The maximum atomic E-state index is 12.9. The van der Waals surface area contributed by atoms with Crippen molar-refractivity contribution < 1.29 is 8.42 Å². The highest BCUT2D eigenvalue weighted by Crippen LogP contribution is 2.34. The van der Waals surface area contributed by atoms with Gasteiger partial charge in [-0.15, -0.1) is 0 Å². The summed E-state index contributed by atoms with van der Waals surface area (Å²) >= 11 is 0. The summed E-state index contributed by atoms with van der Waals surface area (Å²) in [6.45, 7) is 6.12. The molecule has 1 saturated carbocycles. The lowest BCUT2D eigenvalue weighted by Gasteiger charge is -2.20. The Morgan fingerprint density at radius 3 is 2.52 bits per heavy atom. The molecule has 1 aliphatic carbocycles. The number of hydrogen-bond acceptors (Lipinski definition) is 4. The first-order chi connectivity index (χ1) is 10.7. The second kappa shape index (κ2) is 6.62. The van der Waals surface area contributed by atoms with Gasteiger partial charge in [-0.25, -0.2) is 8.42 Å². The molecule has 1 aromatic heterocycles. The smallest absolute Gasteiger partial charge is 0.246 e. The maximum absolute atomic E-state index is 12.9. The van der Waals surface area contributed by atoms with Crippen molar-refractivity contribution in [2.45, 2.75) is 69.2 Å². The Morgan fingerprint density at radius 1 is 1.39 bits per heavy atom. The number of nitrogens with zero attached hydrogens (tertiary/aromatic N) is 4. The summed E-state index contributed by atoms with van der Waals surface area (Å²) in [5.41, 5.74) is 0.246. The fourth-order valence-electron chi connectivity index (χ4n) is 2.93. The molecule has 0 N–H and O–H groups in total. The van der Waals surface area contributed by atoms with Gasteiger partial charge in [-0.3, -0.25) is 4.68 Å². The van der Waals surface area contributed by atoms with Crippen molar-refractivity contribution in [2.75, 3.05) is 13.6 Å². The molecule has 0 saturated heterocycles. The van der Waals surface area contributed by atoms with Crippen LogP contribution in [0.1, 0.15) is 64.6 Å². The quantitative estimate of drug-likeness (QED) is 0.827. The molecule has 6 nitrogen and oxygen atoms in total. The van der Waals surface area contributed by atoms with Gasteiger partial charge >= 0.3 is 0 Å². The first-order valence-electron chi connectivity index (χ1n) is 8.11. The molecule has 128 valence electrons. The average Bonchev–Trinajstić information content (AvgIpc) is 3.11. The lowest BCUT2D eigenvalue weighted by molar-refractivity contribution is 0.448. The monoisotopic (exact) mass is 338 g/mol. The van der Waals surface area contributed by atoms with Gasteiger partial charge in [0.2, 0.25) is 10.0 Å². The molecule has 0 spiro atoms. The number of hydrogen-bond donors (Lipinski definition) is 0. The number of sulfonamides is 1. The second-order valence-electron chi connectivity index (χ2n) is 7.24. The van der Waals surface area contributed by atoms with E-state index in [2.05, 4.69) is 5.10 Å². The predicted molar refractivity (Wildman–Crippen MR) is 88.5 cm³/mol. The van der Waals surface area contributed by atoms with E-state index in [0.717, 1.165) is 12.8 Å². The van der Waals surface area contributed by atoms with Crippen molar-refractivity contribution >= 4 is 10.0 Å². The molecule has 1 aliphatic rings. The van der Waals surface area contributed by atoms with Crippen LogP contribution < -0.4 is 0 Å². The van der Waals surface area contributed by atoms with Crippen LogP contribution in [-0.4, -0.2) is 36.1 Å². The van der Waals surface area contributed by atoms with E-state index >= 15 is 0 Å². The molecule has 0 aromatic carbocycles. The molecule has 0 aliphatic heterocycles. The zero-order valence-electron chi connectivity index (χ0n) is 14.4. The van der Waals surface area contributed by atoms with Crippen LogP contribution in [0, 0.1) is 11.3 Å². The van der Waals surface area contributed by atoms with E-state index in [4.69, 9.17) is 5.26 Å². The number of aromatic nitrogens is 2. The minimum absolute atomic E-state index is 0.178. The third-order valence-electron chi connectivity index (χ3n) is 4.33. The zero-order chi connectivity index (χ0) is 17.3. The molecular weight excluding hydrogens is 312 g/mol. The van der Waals surface area contributed by atoms with E-state index in [1.165, 1.54) is 24.2 Å². The van der Waals surface area contributed by atoms with Crippen molar-refractivity contribution in [1.29, 1.82) is 5.26 Å². The molecule has 0 unspecified atom stereocenters. The third kappa shape index (κ3) is 3.75. The minimum Gasteiger partial charge on any atom is -0.268 e. The van der Waals surface area contributed by atoms with E-state index in [9.17, 15) is 8.42 Å². The molecule has 1 heterocycles. The minimum atomic E-state index is -3.63. The van der Waals surface area contributed by atoms with Crippen LogP contribution >= 0.6 is 0 Å². The topological polar surface area (TPSA) is 79.0 Å². The Labute approximate surface area is 139 Å². The van der Waals surface area contributed by atoms with E-state index in [0.29, 0.717) is 11.7 Å². The van der Waals surface area contributed by atoms with E-state index < -0.39 is 10.0 Å². The predicted octanol–water partition coefficient (Wildman–Crippen LogP) is 2.83. The molecule has 0 atom stereocenters. The standard InChI is InChI=1S/C16H26N4O2S/c1-16(2,3)15-14(23(21,22)19(4)11-7-10-17)12-20(18-15)13-8-5-6-9-13/h12-13H,5-9,11H2,1-4H3. The molecule has 0 bridgehead atoms. The highest BCUT2D eigenvalue weighted by Gasteiger charge is 2.33. The summed E-state index contributed by atoms with van der Waals surface area (Å²) in [7, 11) is -2.11. The van der Waals surface area contributed by atoms with Crippen LogP contribution in [0.15, 0.2) is 11.1 Å². The van der Waals surface area contributed by atoms with Gasteiger partial charge in [-0.1, -0.05) is 33.6 Å². The summed E-state index contributed by atoms with van der Waals surface area (Å²) in [5.74, 6) is 0. The highest BCUT2D eigenvalue weighted by atomic mass is 32.2. The fraction of sp³-hybridized carbons (Fsp3) is 0.750. The lowest BCUT2D eigenvalue weighted by Crippen LogP contribution is -2.29. The van der Waals surface area contributed by atoms with E-state index in [-0.39, 0.29) is 23.3 Å². The van der Waals surface area contributed by atoms with Gasteiger partial charge in [0.05, 0.1) is 17.8 Å². The Kier molecular flexibility index (Phi) is 5.17. The van der Waals surface area contributed by atoms with Gasteiger partial charge < -0.3 is 0 Å². The first kappa shape index (κ1) is 18.0. The van der Waals surface area contributed by atoms with Gasteiger partial charge in [0.15, 0.2) is 0 Å². The van der Waals surface area contributed by atoms with Crippen LogP contribution in [0.25, 0.3) is 0 Å². The van der Waals surface area contributed by atoms with Crippen LogP contribution in [0.3, 0.4) is 0 Å². The van der Waals surface area contributed by atoms with E-state index in [1.807, 2.05) is 31.5 Å². The maximum Gasteiger partial charge on any atom is 0.246 e. The normalized spacial score (nSPS) is 16.9. The number of rotatable bonds is 5. The largest absolute Gasteiger partial charge is 0.268 e. The molecule has 1 fully saturated rings. The van der Waals surface area contributed by atoms with Crippen molar-refractivity contribution in [3.05, 3.63) is 11.9 Å². The summed E-state index contributed by atoms with van der Waals surface area (Å²) in [6, 6.07) is 2.29. The Morgan fingerprint density at radius 2 is 2.00 bits per heavy atom. The molecule has 23 heavy (non-hydrogen) atoms. The summed E-state index contributed by atoms with van der Waals surface area (Å²) in [4.78, 5) is 0.275. The van der Waals surface area contributed by atoms with Crippen molar-refractivity contribution in [2.24, 2.45) is 0 Å². The highest BCUT2D eigenvalue weighted by molar-refractivity contribution is 7.89. The summed E-state index contributed by atoms with van der Waals surface area (Å²) < 4.78 is 28.9. The van der Waals surface area contributed by atoms with Gasteiger partial charge in [-0.05, 0) is 12.8 Å². The van der Waals surface area contributed by atoms with E-state index in [1.54, 1.807) is 6.20 Å². The van der Waals surface area contributed by atoms with Gasteiger partial charge in [0.1, 0.15) is 4.90 Å². The molecule has 1 aromatic rings. The van der Waals surface area contributed by atoms with Gasteiger partial charge in [0, 0.05) is 31.6 Å². The van der Waals surface area contributed by atoms with Crippen molar-refractivity contribution in [3.8, 4) is 6.07 Å². The third-order valence-corrected chi connectivity index (χ3v) is 6.19. The lowest BCUT2D eigenvalue weighted by atomic mass is 9.92. The Bertz CT molecular complexity index is 689. The van der Waals surface area contributed by atoms with Crippen LogP contribution in [0.2, 0.25) is 0 Å². The van der Waals surface area contributed by atoms with Crippen LogP contribution in [-0.2, 0) is 15.4 Å². The summed E-state index contributed by atoms with van der Waals surface area (Å²) in [5, 5.41) is 13.3. The van der Waals surface area contributed by atoms with Gasteiger partial charge in [0.25, 0.3) is 0 Å². The van der Waals surface area contributed by atoms with Crippen molar-refractivity contribution in [3.63, 3.8) is 0 Å². The SMILES string of the molecule is CN(CCC#N)S(=O)(=O)c1cn(C2CCCC2)nc1C(C)(C)C. The second-order valence-corrected chi connectivity index (χ2v) is 9.26. The Balaban J connectivity index is 2.45. The molecular formula is C16H26N4O2S. The zero-order valence-corrected chi connectivity index (χ0v) is 15.2. The van der Waals surface area contributed by atoms with Crippen LogP contribution in [0.5, 0.6) is 0 Å². The van der Waals surface area contributed by atoms with Crippen LogP contribution in [0.4, 0.5) is 0 Å². The van der Waals surface area contributed by atoms with Gasteiger partial charge in [-0.2, -0.15) is 14.7 Å². The molecule has 7 heteroatoms.